The summed E-state index contributed by atoms with van der Waals surface area (Å²) >= 11 is 6.14. The predicted octanol–water partition coefficient (Wildman–Crippen LogP) is 3.34. The van der Waals surface area contributed by atoms with E-state index < -0.39 is 63.4 Å². The Morgan fingerprint density at radius 2 is 1.80 bits per heavy atom. The Hall–Kier alpha value is -4.63. The van der Waals surface area contributed by atoms with Crippen LogP contribution in [-0.4, -0.2) is 62.3 Å². The maximum atomic E-state index is 15.3. The molecule has 0 spiro atoms. The number of nitrogens with zero attached hydrogens (tertiary/aromatic N) is 5. The van der Waals surface area contributed by atoms with Gasteiger partial charge >= 0.3 is 0 Å². The van der Waals surface area contributed by atoms with E-state index >= 15 is 4.39 Å². The lowest BCUT2D eigenvalue weighted by atomic mass is 10.0. The number of nitrogens with one attached hydrogen (secondary N) is 1. The number of amides is 2. The molecule has 2 aliphatic heterocycles. The number of pyridine rings is 1. The molecule has 16 heteroatoms. The van der Waals surface area contributed by atoms with Crippen molar-refractivity contribution < 1.29 is 32.6 Å². The van der Waals surface area contributed by atoms with Crippen molar-refractivity contribution >= 4 is 46.0 Å². The highest BCUT2D eigenvalue weighted by Gasteiger charge is 2.28. The zero-order valence-electron chi connectivity index (χ0n) is 23.7. The molecule has 1 saturated heterocycles. The van der Waals surface area contributed by atoms with E-state index in [2.05, 4.69) is 15.3 Å². The Bertz CT molecular complexity index is 1920. The Kier molecular flexibility index (Phi) is 8.14. The molecule has 0 saturated carbocycles. The third kappa shape index (κ3) is 5.57. The number of carbonyl (C=O) groups excluding carboxylic acids is 2. The molecule has 0 atom stereocenters. The minimum Gasteiger partial charge on any atom is -0.504 e. The van der Waals surface area contributed by atoms with E-state index in [0.717, 1.165) is 18.9 Å². The van der Waals surface area contributed by atoms with Gasteiger partial charge in [-0.3, -0.25) is 19.0 Å². The zero-order chi connectivity index (χ0) is 32.0. The van der Waals surface area contributed by atoms with Crippen molar-refractivity contribution in [1.29, 1.82) is 0 Å². The smallest absolute Gasteiger partial charge is 0.263 e. The van der Waals surface area contributed by atoms with Crippen LogP contribution in [0, 0.1) is 17.6 Å². The summed E-state index contributed by atoms with van der Waals surface area (Å²) in [4.78, 5) is 49.4. The Morgan fingerprint density at radius 3 is 2.53 bits per heavy atom. The molecule has 6 rings (SSSR count). The van der Waals surface area contributed by atoms with E-state index in [1.54, 1.807) is 4.90 Å². The lowest BCUT2D eigenvalue weighted by Gasteiger charge is -2.28. The van der Waals surface area contributed by atoms with Gasteiger partial charge in [0.25, 0.3) is 11.5 Å². The number of fused-ring (bicyclic) bond motifs is 2. The van der Waals surface area contributed by atoms with E-state index in [-0.39, 0.29) is 28.1 Å². The topological polar surface area (TPSA) is 158 Å². The van der Waals surface area contributed by atoms with Crippen LogP contribution in [0.2, 0.25) is 5.02 Å². The van der Waals surface area contributed by atoms with Crippen molar-refractivity contribution in [1.82, 2.24) is 19.1 Å². The van der Waals surface area contributed by atoms with E-state index in [4.69, 9.17) is 22.1 Å². The number of benzene rings is 1. The van der Waals surface area contributed by atoms with Crippen molar-refractivity contribution in [3.8, 4) is 16.9 Å². The summed E-state index contributed by atoms with van der Waals surface area (Å²) in [6.45, 7) is 1.59. The minimum atomic E-state index is -1.73. The van der Waals surface area contributed by atoms with Crippen LogP contribution >= 0.6 is 11.6 Å². The predicted molar refractivity (Wildman–Crippen MR) is 158 cm³/mol. The molecule has 1 fully saturated rings. The average molecular weight is 646 g/mol. The van der Waals surface area contributed by atoms with Gasteiger partial charge in [-0.2, -0.15) is 8.78 Å². The number of ether oxygens (including phenoxy) is 1. The summed E-state index contributed by atoms with van der Waals surface area (Å²) in [5.74, 6) is -6.74. The van der Waals surface area contributed by atoms with Crippen LogP contribution in [0.25, 0.3) is 22.2 Å². The fourth-order valence-corrected chi connectivity index (χ4v) is 5.81. The highest BCUT2D eigenvalue weighted by molar-refractivity contribution is 6.33. The first kappa shape index (κ1) is 30.4. The fraction of sp³-hybridized carbons (Fsp3) is 0.345. The van der Waals surface area contributed by atoms with Crippen molar-refractivity contribution in [3.63, 3.8) is 0 Å². The molecule has 1 aromatic carbocycles. The van der Waals surface area contributed by atoms with Crippen LogP contribution in [0.1, 0.15) is 35.4 Å². The maximum absolute atomic E-state index is 15.3. The van der Waals surface area contributed by atoms with E-state index in [1.807, 2.05) is 0 Å². The van der Waals surface area contributed by atoms with Crippen LogP contribution in [0.5, 0.6) is 5.75 Å². The average Bonchev–Trinajstić information content (AvgIpc) is 3.19. The Labute approximate surface area is 258 Å². The number of phenols is 1. The number of morpholine rings is 1. The molecule has 0 bridgehead atoms. The Morgan fingerprint density at radius 1 is 1.04 bits per heavy atom. The summed E-state index contributed by atoms with van der Waals surface area (Å²) in [5, 5.41) is 12.0. The largest absolute Gasteiger partial charge is 0.504 e. The number of hydrogen-bond acceptors (Lipinski definition) is 8. The Balaban J connectivity index is 1.45. The number of anilines is 2. The van der Waals surface area contributed by atoms with Crippen molar-refractivity contribution in [2.45, 2.75) is 38.8 Å². The molecule has 0 unspecified atom stereocenters. The van der Waals surface area contributed by atoms with Crippen molar-refractivity contribution in [2.24, 2.45) is 5.73 Å². The first-order chi connectivity index (χ1) is 21.5. The number of aromatic hydroxyl groups is 1. The van der Waals surface area contributed by atoms with Gasteiger partial charge in [0.2, 0.25) is 17.7 Å². The molecule has 0 radical (unpaired) electrons. The number of halogens is 4. The minimum absolute atomic E-state index is 0.00724. The molecule has 4 N–H and O–H groups in total. The molecular weight excluding hydrogens is 619 g/mol. The van der Waals surface area contributed by atoms with Crippen molar-refractivity contribution in [2.75, 3.05) is 36.5 Å². The molecule has 236 valence electrons. The molecule has 4 aromatic rings. The molecule has 5 heterocycles. The number of aryl methyl sites for hydroxylation is 1. The third-order valence-corrected chi connectivity index (χ3v) is 8.26. The van der Waals surface area contributed by atoms with E-state index in [9.17, 15) is 28.3 Å². The highest BCUT2D eigenvalue weighted by Crippen LogP contribution is 2.36. The zero-order valence-corrected chi connectivity index (χ0v) is 24.5. The number of rotatable bonds is 6. The van der Waals surface area contributed by atoms with E-state index in [0.29, 0.717) is 51.5 Å². The second-order valence-electron chi connectivity index (χ2n) is 10.8. The van der Waals surface area contributed by atoms with Crippen molar-refractivity contribution in [3.05, 3.63) is 62.7 Å². The van der Waals surface area contributed by atoms with Gasteiger partial charge in [0, 0.05) is 49.4 Å². The monoisotopic (exact) mass is 645 g/mol. The van der Waals surface area contributed by atoms with Crippen LogP contribution in [0.4, 0.5) is 24.7 Å². The number of carbonyl (C=O) groups is 2. The lowest BCUT2D eigenvalue weighted by molar-refractivity contribution is -0.116. The van der Waals surface area contributed by atoms with Crippen LogP contribution in [0.15, 0.2) is 23.1 Å². The van der Waals surface area contributed by atoms with Gasteiger partial charge in [0.05, 0.1) is 29.9 Å². The van der Waals surface area contributed by atoms with Crippen LogP contribution < -0.4 is 21.5 Å². The molecule has 2 aliphatic rings. The van der Waals surface area contributed by atoms with Gasteiger partial charge in [0.1, 0.15) is 28.9 Å². The standard InChI is InChI=1S/C29H27ClF3N7O5/c30-22-17(11-19(36-26(22)33)38-6-8-45-9-7-38)35-20(41)13-39-12-16(14-10-15(27(34)43)25(42)24(32)23(14)31)21-28(39)37-18-4-2-1-3-5-40(18)29(21)44/h10-12,42H,1-9,13H2,(H2,34,43)(H,35,36,41). The number of primary amides is 1. The summed E-state index contributed by atoms with van der Waals surface area (Å²) in [6, 6.07) is 2.27. The fourth-order valence-electron chi connectivity index (χ4n) is 5.66. The summed E-state index contributed by atoms with van der Waals surface area (Å²) in [7, 11) is 0. The molecule has 45 heavy (non-hydrogen) atoms. The molecule has 0 aliphatic carbocycles. The van der Waals surface area contributed by atoms with Gasteiger partial charge in [0.15, 0.2) is 11.6 Å². The van der Waals surface area contributed by atoms with Crippen LogP contribution in [0.3, 0.4) is 0 Å². The lowest BCUT2D eigenvalue weighted by Crippen LogP contribution is -2.37. The maximum Gasteiger partial charge on any atom is 0.263 e. The normalized spacial score (nSPS) is 15.2. The van der Waals surface area contributed by atoms with Gasteiger partial charge in [-0.05, 0) is 18.9 Å². The summed E-state index contributed by atoms with van der Waals surface area (Å²) in [6.07, 6.45) is 4.01. The second kappa shape index (κ2) is 12.0. The van der Waals surface area contributed by atoms with Gasteiger partial charge in [-0.15, -0.1) is 0 Å². The molecule has 3 aromatic heterocycles. The second-order valence-corrected chi connectivity index (χ2v) is 11.1. The first-order valence-electron chi connectivity index (χ1n) is 14.2. The molecular formula is C29H27ClF3N7O5. The summed E-state index contributed by atoms with van der Waals surface area (Å²) in [5.41, 5.74) is 3.29. The highest BCUT2D eigenvalue weighted by atomic mass is 35.5. The SMILES string of the molecule is NC(=O)c1cc(-c2cn(CC(=O)Nc3cc(N4CCOCC4)nc(F)c3Cl)c3nc4n(c(=O)c23)CCCCC4)c(F)c(F)c1O. The van der Waals surface area contributed by atoms with Gasteiger partial charge in [-0.1, -0.05) is 18.0 Å². The molecule has 12 nitrogen and oxygen atoms in total. The summed E-state index contributed by atoms with van der Waals surface area (Å²) < 4.78 is 52.8. The van der Waals surface area contributed by atoms with Gasteiger partial charge < -0.3 is 30.4 Å². The van der Waals surface area contributed by atoms with E-state index in [1.165, 1.54) is 21.4 Å². The van der Waals surface area contributed by atoms with Crippen LogP contribution in [-0.2, 0) is 29.0 Å². The number of aromatic nitrogens is 4. The quantitative estimate of drug-likeness (QED) is 0.270. The first-order valence-corrected chi connectivity index (χ1v) is 14.5. The molecule has 2 amide bonds. The van der Waals surface area contributed by atoms with Gasteiger partial charge in [-0.25, -0.2) is 14.4 Å². The number of hydrogen-bond donors (Lipinski definition) is 3. The third-order valence-electron chi connectivity index (χ3n) is 7.90. The number of nitrogens with two attached hydrogens (primary N) is 1.